The van der Waals surface area contributed by atoms with Gasteiger partial charge in [-0.15, -0.1) is 0 Å². The van der Waals surface area contributed by atoms with E-state index in [2.05, 4.69) is 0 Å². The molecule has 1 fully saturated rings. The normalized spacial score (nSPS) is 19.0. The van der Waals surface area contributed by atoms with Crippen LogP contribution in [0.2, 0.25) is 0 Å². The van der Waals surface area contributed by atoms with Gasteiger partial charge in [0.1, 0.15) is 5.78 Å². The molecule has 9 heteroatoms. The maximum atomic E-state index is 14.5. The fourth-order valence-electron chi connectivity index (χ4n) is 5.38. The maximum absolute atomic E-state index is 14.5. The van der Waals surface area contributed by atoms with E-state index in [0.717, 1.165) is 22.7 Å². The Balaban J connectivity index is 1.64. The number of alkyl halides is 2. The lowest BCUT2D eigenvalue weighted by molar-refractivity contribution is -0.131. The number of carbonyl (C=O) groups excluding carboxylic acids is 1. The number of Topliss-reactive ketones (excluding diaryl/α,β-unsaturated/α-hetero) is 1. The molecular weight excluding hydrogens is 520 g/mol. The molecule has 6 nitrogen and oxygen atoms in total. The highest BCUT2D eigenvalue weighted by atomic mass is 32.2. The van der Waals surface area contributed by atoms with Crippen molar-refractivity contribution < 1.29 is 22.0 Å². The van der Waals surface area contributed by atoms with E-state index in [9.17, 15) is 22.0 Å². The summed E-state index contributed by atoms with van der Waals surface area (Å²) in [6, 6.07) is 22.0. The number of nitrogens with zero attached hydrogens (tertiary/aromatic N) is 3. The number of halogens is 2. The van der Waals surface area contributed by atoms with Crippen LogP contribution in [0.15, 0.2) is 77.8 Å². The van der Waals surface area contributed by atoms with Gasteiger partial charge in [-0.3, -0.25) is 4.79 Å². The highest BCUT2D eigenvalue weighted by Gasteiger charge is 2.46. The number of hydrogen-bond donors (Lipinski definition) is 0. The van der Waals surface area contributed by atoms with Crippen LogP contribution < -0.4 is 0 Å². The predicted octanol–water partition coefficient (Wildman–Crippen LogP) is 6.49. The molecule has 200 valence electrons. The number of fused-ring (bicyclic) bond motifs is 1. The Labute approximate surface area is 225 Å². The molecule has 1 heterocycles. The summed E-state index contributed by atoms with van der Waals surface area (Å²) in [6.07, 6.45) is 1.94. The first-order valence-corrected chi connectivity index (χ1v) is 14.6. The summed E-state index contributed by atoms with van der Waals surface area (Å²) in [7, 11) is -3.41. The van der Waals surface area contributed by atoms with Crippen LogP contribution in [0.25, 0.3) is 27.6 Å². The van der Waals surface area contributed by atoms with Crippen LogP contribution in [0.3, 0.4) is 0 Å². The summed E-state index contributed by atoms with van der Waals surface area (Å²) in [5.41, 5.74) is 2.60. The zero-order valence-corrected chi connectivity index (χ0v) is 22.2. The first-order valence-electron chi connectivity index (χ1n) is 12.7. The number of carbonyl (C=O) groups is 1. The van der Waals surface area contributed by atoms with E-state index < -0.39 is 34.0 Å². The van der Waals surface area contributed by atoms with E-state index in [1.807, 2.05) is 48.5 Å². The molecule has 2 unspecified atom stereocenters. The van der Waals surface area contributed by atoms with E-state index in [4.69, 9.17) is 10.4 Å². The Bertz CT molecular complexity index is 1690. The molecule has 1 saturated carbocycles. The zero-order valence-electron chi connectivity index (χ0n) is 21.3. The highest BCUT2D eigenvalue weighted by molar-refractivity contribution is 7.90. The maximum Gasteiger partial charge on any atom is 0.248 e. The van der Waals surface area contributed by atoms with Crippen LogP contribution in [0.4, 0.5) is 8.78 Å². The smallest absolute Gasteiger partial charge is 0.248 e. The topological polar surface area (TPSA) is 92.8 Å². The fourth-order valence-corrected chi connectivity index (χ4v) is 6.01. The Morgan fingerprint density at radius 1 is 1.10 bits per heavy atom. The molecule has 1 aliphatic rings. The lowest BCUT2D eigenvalue weighted by Crippen LogP contribution is -2.36. The van der Waals surface area contributed by atoms with Crippen LogP contribution in [0, 0.1) is 17.2 Å². The van der Waals surface area contributed by atoms with Crippen LogP contribution >= 0.6 is 0 Å². The molecule has 0 N–H and O–H groups in total. The second kappa shape index (κ2) is 10.3. The summed E-state index contributed by atoms with van der Waals surface area (Å²) >= 11 is 0. The van der Waals surface area contributed by atoms with Gasteiger partial charge in [-0.05, 0) is 47.0 Å². The predicted molar refractivity (Wildman–Crippen MR) is 144 cm³/mol. The van der Waals surface area contributed by atoms with Gasteiger partial charge in [0.05, 0.1) is 22.3 Å². The van der Waals surface area contributed by atoms with Gasteiger partial charge in [0.2, 0.25) is 5.92 Å². The quantitative estimate of drug-likeness (QED) is 0.264. The standard InChI is InChI=1S/C30H27F2N3O3S/c1-39(37,38)24-12-9-21(10-13-24)27-19-35(23-11-8-20-5-2-3-6-22(20)17-23)34-29(27)25-14-15-30(31,32)18-26(25)28(36)7-4-16-33/h2-3,5-6,8-13,17,19,25-26H,4,7,14-15,18H2,1H3. The van der Waals surface area contributed by atoms with Crippen LogP contribution in [-0.4, -0.2) is 36.2 Å². The molecule has 0 bridgehead atoms. The van der Waals surface area contributed by atoms with Gasteiger partial charge in [-0.2, -0.15) is 10.4 Å². The van der Waals surface area contributed by atoms with Gasteiger partial charge >= 0.3 is 0 Å². The fraction of sp³-hybridized carbons (Fsp3) is 0.300. The third-order valence-electron chi connectivity index (χ3n) is 7.41. The Morgan fingerprint density at radius 2 is 1.82 bits per heavy atom. The number of hydrogen-bond acceptors (Lipinski definition) is 5. The molecule has 4 aromatic rings. The van der Waals surface area contributed by atoms with Gasteiger partial charge in [0, 0.05) is 55.5 Å². The van der Waals surface area contributed by atoms with Crippen molar-refractivity contribution in [3.05, 3.63) is 78.6 Å². The van der Waals surface area contributed by atoms with Crippen molar-refractivity contribution in [2.75, 3.05) is 6.26 Å². The van der Waals surface area contributed by atoms with Crippen molar-refractivity contribution in [1.29, 1.82) is 5.26 Å². The average Bonchev–Trinajstić information content (AvgIpc) is 3.36. The first-order chi connectivity index (χ1) is 18.6. The molecule has 5 rings (SSSR count). The number of sulfone groups is 1. The summed E-state index contributed by atoms with van der Waals surface area (Å²) in [5, 5.41) is 15.9. The minimum Gasteiger partial charge on any atom is -0.299 e. The molecule has 0 aliphatic heterocycles. The lowest BCUT2D eigenvalue weighted by Gasteiger charge is -2.34. The summed E-state index contributed by atoms with van der Waals surface area (Å²) in [4.78, 5) is 13.2. The van der Waals surface area contributed by atoms with Crippen molar-refractivity contribution >= 4 is 26.4 Å². The summed E-state index contributed by atoms with van der Waals surface area (Å²) in [5.74, 6) is -4.88. The van der Waals surface area contributed by atoms with E-state index in [-0.39, 0.29) is 36.4 Å². The number of aromatic nitrogens is 2. The number of benzene rings is 3. The SMILES string of the molecule is CS(=O)(=O)c1ccc(-c2cn(-c3ccc4ccccc4c3)nc2C2CCC(F)(F)CC2C(=O)CCC#N)cc1. The molecule has 3 aromatic carbocycles. The molecule has 0 spiro atoms. The minimum absolute atomic E-state index is 0.0288. The number of nitriles is 1. The van der Waals surface area contributed by atoms with Gasteiger partial charge in [-0.1, -0.05) is 42.5 Å². The van der Waals surface area contributed by atoms with E-state index >= 15 is 0 Å². The number of rotatable bonds is 7. The first kappa shape index (κ1) is 26.7. The minimum atomic E-state index is -3.41. The van der Waals surface area contributed by atoms with Crippen molar-refractivity contribution in [3.8, 4) is 22.9 Å². The van der Waals surface area contributed by atoms with Crippen molar-refractivity contribution in [2.45, 2.75) is 48.8 Å². The van der Waals surface area contributed by atoms with E-state index in [1.165, 1.54) is 12.1 Å². The van der Waals surface area contributed by atoms with Gasteiger partial charge in [-0.25, -0.2) is 21.9 Å². The molecule has 2 atom stereocenters. The molecule has 39 heavy (non-hydrogen) atoms. The summed E-state index contributed by atoms with van der Waals surface area (Å²) < 4.78 is 54.8. The largest absolute Gasteiger partial charge is 0.299 e. The Kier molecular flexibility index (Phi) is 7.08. The molecule has 0 radical (unpaired) electrons. The average molecular weight is 548 g/mol. The lowest BCUT2D eigenvalue weighted by atomic mass is 9.72. The highest BCUT2D eigenvalue weighted by Crippen LogP contribution is 2.47. The Hall–Kier alpha value is -3.90. The number of ketones is 1. The molecule has 0 amide bonds. The van der Waals surface area contributed by atoms with Crippen LogP contribution in [0.1, 0.15) is 43.7 Å². The third-order valence-corrected chi connectivity index (χ3v) is 8.54. The van der Waals surface area contributed by atoms with Gasteiger partial charge in [0.25, 0.3) is 0 Å². The van der Waals surface area contributed by atoms with Crippen molar-refractivity contribution in [1.82, 2.24) is 9.78 Å². The second-order valence-corrected chi connectivity index (χ2v) is 12.2. The molecule has 0 saturated heterocycles. The van der Waals surface area contributed by atoms with Crippen molar-refractivity contribution in [2.24, 2.45) is 5.92 Å². The van der Waals surface area contributed by atoms with E-state index in [0.29, 0.717) is 16.8 Å². The van der Waals surface area contributed by atoms with Crippen molar-refractivity contribution in [3.63, 3.8) is 0 Å². The van der Waals surface area contributed by atoms with Crippen LogP contribution in [-0.2, 0) is 14.6 Å². The molecule has 1 aromatic heterocycles. The second-order valence-electron chi connectivity index (χ2n) is 10.1. The van der Waals surface area contributed by atoms with Gasteiger partial charge in [0.15, 0.2) is 9.84 Å². The molecular formula is C30H27F2N3O3S. The zero-order chi connectivity index (χ0) is 27.8. The van der Waals surface area contributed by atoms with Crippen LogP contribution in [0.5, 0.6) is 0 Å². The summed E-state index contributed by atoms with van der Waals surface area (Å²) in [6.45, 7) is 0. The Morgan fingerprint density at radius 3 is 2.51 bits per heavy atom. The monoisotopic (exact) mass is 547 g/mol. The molecule has 1 aliphatic carbocycles. The van der Waals surface area contributed by atoms with Gasteiger partial charge < -0.3 is 0 Å². The third kappa shape index (κ3) is 5.62. The van der Waals surface area contributed by atoms with E-state index in [1.54, 1.807) is 23.0 Å².